The van der Waals surface area contributed by atoms with E-state index in [0.717, 1.165) is 25.9 Å². The van der Waals surface area contributed by atoms with E-state index in [1.165, 1.54) is 12.5 Å². The number of aliphatic hydroxyl groups excluding tert-OH is 1. The molecule has 0 bridgehead atoms. The van der Waals surface area contributed by atoms with E-state index in [1.807, 2.05) is 16.9 Å². The number of β-amino-alcohol motifs (C(OH)–C–C–N with tert-alkyl or cyclic N) is 1. The lowest BCUT2D eigenvalue weighted by molar-refractivity contribution is -0.00626. The molecule has 1 aliphatic heterocycles. The summed E-state index contributed by atoms with van der Waals surface area (Å²) in [5.41, 5.74) is 0.518. The maximum absolute atomic E-state index is 13.6. The van der Waals surface area contributed by atoms with Crippen molar-refractivity contribution in [1.82, 2.24) is 14.7 Å². The molecular formula is C19H26FN3O2. The quantitative estimate of drug-likeness (QED) is 0.797. The molecule has 2 aromatic rings. The Morgan fingerprint density at radius 3 is 2.96 bits per heavy atom. The number of ether oxygens (including phenoxy) is 1. The van der Waals surface area contributed by atoms with Gasteiger partial charge in [-0.2, -0.15) is 5.10 Å². The second-order valence-electron chi connectivity index (χ2n) is 6.63. The van der Waals surface area contributed by atoms with Crippen LogP contribution in [-0.4, -0.2) is 51.6 Å². The molecule has 1 saturated heterocycles. The van der Waals surface area contributed by atoms with Crippen LogP contribution in [0.2, 0.25) is 0 Å². The van der Waals surface area contributed by atoms with Crippen molar-refractivity contribution in [2.75, 3.05) is 19.7 Å². The number of piperidine rings is 1. The molecule has 1 aliphatic rings. The van der Waals surface area contributed by atoms with Crippen LogP contribution in [-0.2, 0) is 17.9 Å². The normalized spacial score (nSPS) is 19.8. The highest BCUT2D eigenvalue weighted by atomic mass is 19.1. The molecule has 1 aromatic carbocycles. The van der Waals surface area contributed by atoms with Gasteiger partial charge in [0, 0.05) is 30.5 Å². The smallest absolute Gasteiger partial charge is 0.128 e. The molecule has 25 heavy (non-hydrogen) atoms. The average molecular weight is 347 g/mol. The fourth-order valence-corrected chi connectivity index (χ4v) is 3.38. The second-order valence-corrected chi connectivity index (χ2v) is 6.63. The van der Waals surface area contributed by atoms with Gasteiger partial charge in [-0.15, -0.1) is 0 Å². The maximum atomic E-state index is 13.6. The Bertz CT molecular complexity index is 635. The number of halogens is 1. The number of nitrogens with zero attached hydrogens (tertiary/aromatic N) is 3. The number of benzene rings is 1. The van der Waals surface area contributed by atoms with Crippen molar-refractivity contribution >= 4 is 0 Å². The van der Waals surface area contributed by atoms with Gasteiger partial charge in [-0.3, -0.25) is 9.58 Å². The van der Waals surface area contributed by atoms with Crippen molar-refractivity contribution in [2.24, 2.45) is 0 Å². The highest BCUT2D eigenvalue weighted by Gasteiger charge is 2.24. The molecule has 0 amide bonds. The van der Waals surface area contributed by atoms with Crippen LogP contribution in [0.3, 0.4) is 0 Å². The zero-order chi connectivity index (χ0) is 17.5. The van der Waals surface area contributed by atoms with E-state index in [1.54, 1.807) is 24.4 Å². The van der Waals surface area contributed by atoms with Crippen molar-refractivity contribution in [2.45, 2.75) is 44.6 Å². The molecule has 1 N–H and O–H groups in total. The number of aromatic nitrogens is 2. The summed E-state index contributed by atoms with van der Waals surface area (Å²) >= 11 is 0. The van der Waals surface area contributed by atoms with Crippen molar-refractivity contribution in [3.05, 3.63) is 54.1 Å². The molecule has 1 aromatic heterocycles. The molecule has 1 fully saturated rings. The van der Waals surface area contributed by atoms with Gasteiger partial charge in [0.05, 0.1) is 25.9 Å². The van der Waals surface area contributed by atoms with Gasteiger partial charge in [0.25, 0.3) is 0 Å². The number of hydrogen-bond acceptors (Lipinski definition) is 4. The SMILES string of the molecule is O[C@H](COCc1ccccc1F)CN1CCCC[C@@H]1Cn1cccn1. The molecule has 0 aliphatic carbocycles. The summed E-state index contributed by atoms with van der Waals surface area (Å²) in [6.07, 6.45) is 6.66. The van der Waals surface area contributed by atoms with E-state index in [-0.39, 0.29) is 19.0 Å². The summed E-state index contributed by atoms with van der Waals surface area (Å²) in [4.78, 5) is 2.32. The van der Waals surface area contributed by atoms with E-state index < -0.39 is 6.10 Å². The lowest BCUT2D eigenvalue weighted by Gasteiger charge is -2.36. The standard InChI is InChI=1S/C19H26FN3O2/c20-19-8-2-1-6-16(19)14-25-15-18(24)13-22-10-4-3-7-17(22)12-23-11-5-9-21-23/h1-2,5-6,8-9,11,17-18,24H,3-4,7,10,12-15H2/t17-,18+/m1/s1. The molecule has 0 saturated carbocycles. The van der Waals surface area contributed by atoms with E-state index in [0.29, 0.717) is 18.2 Å². The highest BCUT2D eigenvalue weighted by Crippen LogP contribution is 2.19. The van der Waals surface area contributed by atoms with E-state index in [9.17, 15) is 9.50 Å². The van der Waals surface area contributed by atoms with Gasteiger partial charge < -0.3 is 9.84 Å². The van der Waals surface area contributed by atoms with Crippen LogP contribution in [0.4, 0.5) is 4.39 Å². The lowest BCUT2D eigenvalue weighted by atomic mass is 10.0. The highest BCUT2D eigenvalue weighted by molar-refractivity contribution is 5.16. The predicted molar refractivity (Wildman–Crippen MR) is 93.5 cm³/mol. The van der Waals surface area contributed by atoms with E-state index in [2.05, 4.69) is 10.00 Å². The first-order valence-corrected chi connectivity index (χ1v) is 8.93. The lowest BCUT2D eigenvalue weighted by Crippen LogP contribution is -2.46. The molecule has 5 nitrogen and oxygen atoms in total. The summed E-state index contributed by atoms with van der Waals surface area (Å²) in [6.45, 7) is 2.79. The van der Waals surface area contributed by atoms with Crippen LogP contribution >= 0.6 is 0 Å². The zero-order valence-corrected chi connectivity index (χ0v) is 14.4. The van der Waals surface area contributed by atoms with Crippen LogP contribution in [0, 0.1) is 5.82 Å². The molecule has 0 spiro atoms. The summed E-state index contributed by atoms with van der Waals surface area (Å²) < 4.78 is 21.0. The maximum Gasteiger partial charge on any atom is 0.128 e. The Morgan fingerprint density at radius 1 is 1.28 bits per heavy atom. The fraction of sp³-hybridized carbons (Fsp3) is 0.526. The third-order valence-electron chi connectivity index (χ3n) is 4.68. The van der Waals surface area contributed by atoms with Crippen LogP contribution in [0.5, 0.6) is 0 Å². The molecule has 0 radical (unpaired) electrons. The fourth-order valence-electron chi connectivity index (χ4n) is 3.38. The van der Waals surface area contributed by atoms with Gasteiger partial charge in [-0.1, -0.05) is 24.6 Å². The van der Waals surface area contributed by atoms with Crippen LogP contribution in [0.15, 0.2) is 42.7 Å². The Balaban J connectivity index is 1.45. The van der Waals surface area contributed by atoms with Crippen molar-refractivity contribution in [3.8, 4) is 0 Å². The van der Waals surface area contributed by atoms with Crippen LogP contribution in [0.1, 0.15) is 24.8 Å². The first kappa shape index (κ1) is 18.0. The Morgan fingerprint density at radius 2 is 2.16 bits per heavy atom. The van der Waals surface area contributed by atoms with E-state index >= 15 is 0 Å². The van der Waals surface area contributed by atoms with Crippen molar-refractivity contribution < 1.29 is 14.2 Å². The number of rotatable bonds is 8. The van der Waals surface area contributed by atoms with Crippen LogP contribution < -0.4 is 0 Å². The Kier molecular flexibility index (Phi) is 6.55. The van der Waals surface area contributed by atoms with E-state index in [4.69, 9.17) is 4.74 Å². The zero-order valence-electron chi connectivity index (χ0n) is 14.4. The molecule has 3 rings (SSSR count). The summed E-state index contributed by atoms with van der Waals surface area (Å²) in [7, 11) is 0. The minimum absolute atomic E-state index is 0.181. The molecule has 136 valence electrons. The third kappa shape index (κ3) is 5.36. The van der Waals surface area contributed by atoms with Gasteiger partial charge in [-0.05, 0) is 31.5 Å². The van der Waals surface area contributed by atoms with Crippen molar-refractivity contribution in [3.63, 3.8) is 0 Å². The summed E-state index contributed by atoms with van der Waals surface area (Å²) in [5, 5.41) is 14.6. The van der Waals surface area contributed by atoms with Gasteiger partial charge >= 0.3 is 0 Å². The first-order valence-electron chi connectivity index (χ1n) is 8.93. The minimum Gasteiger partial charge on any atom is -0.389 e. The largest absolute Gasteiger partial charge is 0.389 e. The summed E-state index contributed by atoms with van der Waals surface area (Å²) in [6, 6.07) is 8.87. The Labute approximate surface area is 148 Å². The molecule has 2 atom stereocenters. The van der Waals surface area contributed by atoms with Gasteiger partial charge in [0.15, 0.2) is 0 Å². The average Bonchev–Trinajstić information content (AvgIpc) is 3.11. The number of aliphatic hydroxyl groups is 1. The predicted octanol–water partition coefficient (Wildman–Crippen LogP) is 2.45. The van der Waals surface area contributed by atoms with Crippen LogP contribution in [0.25, 0.3) is 0 Å². The number of likely N-dealkylation sites (tertiary alicyclic amines) is 1. The molecular weight excluding hydrogens is 321 g/mol. The summed E-state index contributed by atoms with van der Waals surface area (Å²) in [5.74, 6) is -0.271. The topological polar surface area (TPSA) is 50.5 Å². The van der Waals surface area contributed by atoms with Gasteiger partial charge in [-0.25, -0.2) is 4.39 Å². The second kappa shape index (κ2) is 9.08. The Hall–Kier alpha value is -1.76. The van der Waals surface area contributed by atoms with Gasteiger partial charge in [0.1, 0.15) is 5.82 Å². The first-order chi connectivity index (χ1) is 12.2. The van der Waals surface area contributed by atoms with Gasteiger partial charge in [0.2, 0.25) is 0 Å². The molecule has 2 heterocycles. The minimum atomic E-state index is -0.579. The molecule has 6 heteroatoms. The monoisotopic (exact) mass is 347 g/mol. The van der Waals surface area contributed by atoms with Crippen molar-refractivity contribution in [1.29, 1.82) is 0 Å². The number of hydrogen-bond donors (Lipinski definition) is 1. The molecule has 0 unspecified atom stereocenters. The third-order valence-corrected chi connectivity index (χ3v) is 4.68.